The number of piperidine rings is 3. The van der Waals surface area contributed by atoms with Crippen LogP contribution in [-0.2, 0) is 24.4 Å². The SMILES string of the molecule is CCC(c1cccc(-c2nc(-c3ccc(C4CCN(C(=O)CC5CCN(c6ccc(NC7CCC(=O)NC7=O)cc6)CC5)CC4)cc3)sc2-c2ccnc(N)n2)c1F)S(N)(=O)=O. The van der Waals surface area contributed by atoms with Crippen molar-refractivity contribution in [3.63, 3.8) is 0 Å². The van der Waals surface area contributed by atoms with Gasteiger partial charge in [0.05, 0.1) is 16.3 Å². The van der Waals surface area contributed by atoms with Gasteiger partial charge < -0.3 is 20.9 Å². The van der Waals surface area contributed by atoms with E-state index < -0.39 is 27.1 Å². The number of nitrogens with zero attached hydrogens (tertiary/aromatic N) is 5. The highest BCUT2D eigenvalue weighted by atomic mass is 32.2. The molecular weight excluding hydrogens is 830 g/mol. The summed E-state index contributed by atoms with van der Waals surface area (Å²) in [4.78, 5) is 55.3. The third-order valence-corrected chi connectivity index (χ3v) is 14.8. The van der Waals surface area contributed by atoms with Crippen LogP contribution in [0.4, 0.5) is 21.7 Å². The molecular formula is C45H50FN9O5S2. The molecule has 17 heteroatoms. The molecule has 3 fully saturated rings. The molecule has 62 heavy (non-hydrogen) atoms. The first-order chi connectivity index (χ1) is 29.8. The van der Waals surface area contributed by atoms with E-state index >= 15 is 4.39 Å². The average Bonchev–Trinajstić information content (AvgIpc) is 3.71. The van der Waals surface area contributed by atoms with E-state index in [9.17, 15) is 22.8 Å². The fourth-order valence-electron chi connectivity index (χ4n) is 8.84. The van der Waals surface area contributed by atoms with E-state index in [2.05, 4.69) is 37.6 Å². The first-order valence-electron chi connectivity index (χ1n) is 21.1. The first kappa shape index (κ1) is 42.9. The maximum atomic E-state index is 16.3. The van der Waals surface area contributed by atoms with E-state index in [1.807, 2.05) is 41.3 Å². The van der Waals surface area contributed by atoms with Gasteiger partial charge in [0.2, 0.25) is 33.7 Å². The molecule has 0 bridgehead atoms. The number of sulfonamides is 1. The van der Waals surface area contributed by atoms with Crippen LogP contribution in [-0.4, -0.2) is 78.2 Å². The molecule has 3 amide bonds. The number of amides is 3. The Labute approximate surface area is 364 Å². The molecule has 324 valence electrons. The second-order valence-electron chi connectivity index (χ2n) is 16.3. The number of aromatic nitrogens is 3. The number of nitrogens with two attached hydrogens (primary N) is 2. The summed E-state index contributed by atoms with van der Waals surface area (Å²) in [6.07, 6.45) is 6.61. The maximum absolute atomic E-state index is 16.3. The van der Waals surface area contributed by atoms with Crippen LogP contribution in [0.5, 0.6) is 0 Å². The Kier molecular flexibility index (Phi) is 12.7. The number of hydrogen-bond donors (Lipinski definition) is 4. The summed E-state index contributed by atoms with van der Waals surface area (Å²) < 4.78 is 41.0. The summed E-state index contributed by atoms with van der Waals surface area (Å²) in [5.74, 6) is -0.311. The third-order valence-electron chi connectivity index (χ3n) is 12.3. The number of carbonyl (C=O) groups is 3. The zero-order valence-electron chi connectivity index (χ0n) is 34.4. The van der Waals surface area contributed by atoms with Crippen molar-refractivity contribution in [2.45, 2.75) is 75.5 Å². The molecule has 14 nitrogen and oxygen atoms in total. The molecule has 6 N–H and O–H groups in total. The second kappa shape index (κ2) is 18.3. The van der Waals surface area contributed by atoms with E-state index in [-0.39, 0.29) is 41.2 Å². The largest absolute Gasteiger partial charge is 0.374 e. The van der Waals surface area contributed by atoms with Gasteiger partial charge in [0.25, 0.3) is 0 Å². The Morgan fingerprint density at radius 1 is 0.952 bits per heavy atom. The molecule has 0 spiro atoms. The molecule has 0 aliphatic carbocycles. The molecule has 2 atom stereocenters. The highest BCUT2D eigenvalue weighted by Gasteiger charge is 2.31. The van der Waals surface area contributed by atoms with Crippen LogP contribution >= 0.6 is 11.3 Å². The Balaban J connectivity index is 0.868. The van der Waals surface area contributed by atoms with Crippen LogP contribution in [0.25, 0.3) is 32.4 Å². The Hall–Kier alpha value is -5.78. The van der Waals surface area contributed by atoms with Gasteiger partial charge in [-0.05, 0) is 92.3 Å². The number of carbonyl (C=O) groups excluding carboxylic acids is 3. The maximum Gasteiger partial charge on any atom is 0.249 e. The highest BCUT2D eigenvalue weighted by Crippen LogP contribution is 2.43. The van der Waals surface area contributed by atoms with Crippen molar-refractivity contribution in [2.75, 3.05) is 42.1 Å². The minimum Gasteiger partial charge on any atom is -0.374 e. The lowest BCUT2D eigenvalue weighted by atomic mass is 9.88. The fraction of sp³-hybridized carbons (Fsp3) is 0.378. The number of likely N-dealkylation sites (tertiary alicyclic amines) is 1. The smallest absolute Gasteiger partial charge is 0.249 e. The number of thiazole rings is 1. The Morgan fingerprint density at radius 2 is 1.68 bits per heavy atom. The molecule has 3 aliphatic heterocycles. The molecule has 0 saturated carbocycles. The zero-order chi connectivity index (χ0) is 43.5. The molecule has 3 saturated heterocycles. The average molecular weight is 880 g/mol. The van der Waals surface area contributed by atoms with Gasteiger partial charge >= 0.3 is 0 Å². The van der Waals surface area contributed by atoms with Gasteiger partial charge in [0.1, 0.15) is 22.1 Å². The van der Waals surface area contributed by atoms with Crippen LogP contribution in [0.2, 0.25) is 0 Å². The number of halogens is 1. The summed E-state index contributed by atoms with van der Waals surface area (Å²) in [5, 5.41) is 10.5. The summed E-state index contributed by atoms with van der Waals surface area (Å²) in [6.45, 7) is 4.81. The van der Waals surface area contributed by atoms with Crippen molar-refractivity contribution in [1.82, 2.24) is 25.2 Å². The van der Waals surface area contributed by atoms with Crippen molar-refractivity contribution < 1.29 is 27.2 Å². The zero-order valence-corrected chi connectivity index (χ0v) is 36.1. The van der Waals surface area contributed by atoms with E-state index in [0.29, 0.717) is 65.5 Å². The first-order valence-corrected chi connectivity index (χ1v) is 23.5. The summed E-state index contributed by atoms with van der Waals surface area (Å²) in [5.41, 5.74) is 10.8. The highest BCUT2D eigenvalue weighted by molar-refractivity contribution is 7.89. The fourth-order valence-corrected chi connectivity index (χ4v) is 10.9. The molecule has 3 aromatic carbocycles. The number of benzene rings is 3. The molecule has 5 heterocycles. The van der Waals surface area contributed by atoms with Gasteiger partial charge in [-0.3, -0.25) is 19.7 Å². The number of nitrogens with one attached hydrogen (secondary N) is 2. The van der Waals surface area contributed by atoms with Gasteiger partial charge in [-0.1, -0.05) is 43.3 Å². The summed E-state index contributed by atoms with van der Waals surface area (Å²) in [7, 11) is -4.07. The standard InChI is InChI=1S/C45H50FN9O5S2/c1-2-37(62(48,59)60)33-4-3-5-34(40(33)46)41-42(35-16-21-49-45(47)51-35)61-44(53-41)30-8-6-28(7-9-30)29-19-24-55(25-20-29)39(57)26-27-17-22-54(23-18-27)32-12-10-31(11-13-32)50-36-14-15-38(56)52-43(36)58/h3-13,16,21,27,29,36-37,50H,2,14-15,17-20,22-26H2,1H3,(H2,47,49,51)(H2,48,59,60)(H,52,56,58). The van der Waals surface area contributed by atoms with Crippen LogP contribution in [0.15, 0.2) is 79.0 Å². The lowest BCUT2D eigenvalue weighted by Gasteiger charge is -2.36. The van der Waals surface area contributed by atoms with E-state index in [1.54, 1.807) is 25.1 Å². The lowest BCUT2D eigenvalue weighted by Crippen LogP contribution is -2.47. The van der Waals surface area contributed by atoms with Crippen molar-refractivity contribution in [3.8, 4) is 32.4 Å². The number of anilines is 3. The number of imide groups is 1. The normalized spacial score (nSPS) is 18.4. The van der Waals surface area contributed by atoms with Gasteiger partial charge in [0, 0.05) is 73.3 Å². The van der Waals surface area contributed by atoms with Crippen LogP contribution in [0.3, 0.4) is 0 Å². The van der Waals surface area contributed by atoms with Crippen molar-refractivity contribution in [2.24, 2.45) is 11.1 Å². The van der Waals surface area contributed by atoms with E-state index in [0.717, 1.165) is 55.7 Å². The topological polar surface area (TPSA) is 207 Å². The van der Waals surface area contributed by atoms with Gasteiger partial charge in [-0.2, -0.15) is 0 Å². The molecule has 8 rings (SSSR count). The number of primary sulfonamides is 1. The predicted octanol–water partition coefficient (Wildman–Crippen LogP) is 6.62. The quantitative estimate of drug-likeness (QED) is 0.0980. The van der Waals surface area contributed by atoms with Crippen molar-refractivity contribution >= 4 is 56.4 Å². The Morgan fingerprint density at radius 3 is 2.34 bits per heavy atom. The van der Waals surface area contributed by atoms with Crippen LogP contribution < -0.4 is 26.4 Å². The van der Waals surface area contributed by atoms with Gasteiger partial charge in [-0.15, -0.1) is 11.3 Å². The summed E-state index contributed by atoms with van der Waals surface area (Å²) >= 11 is 1.33. The van der Waals surface area contributed by atoms with Gasteiger partial charge in [0.15, 0.2) is 0 Å². The van der Waals surface area contributed by atoms with E-state index in [4.69, 9.17) is 15.9 Å². The Bertz CT molecular complexity index is 2560. The molecule has 2 unspecified atom stereocenters. The van der Waals surface area contributed by atoms with Crippen molar-refractivity contribution in [1.29, 1.82) is 0 Å². The third kappa shape index (κ3) is 9.49. The second-order valence-corrected chi connectivity index (χ2v) is 19.0. The molecule has 0 radical (unpaired) electrons. The van der Waals surface area contributed by atoms with Crippen molar-refractivity contribution in [3.05, 3.63) is 95.9 Å². The number of nitrogen functional groups attached to an aromatic ring is 1. The molecule has 2 aromatic heterocycles. The van der Waals surface area contributed by atoms with Gasteiger partial charge in [-0.25, -0.2) is 32.9 Å². The summed E-state index contributed by atoms with van der Waals surface area (Å²) in [6, 6.07) is 22.1. The molecule has 5 aromatic rings. The van der Waals surface area contributed by atoms with Crippen LogP contribution in [0.1, 0.15) is 80.6 Å². The predicted molar refractivity (Wildman–Crippen MR) is 239 cm³/mol. The minimum absolute atomic E-state index is 0.0169. The minimum atomic E-state index is -4.07. The lowest BCUT2D eigenvalue weighted by molar-refractivity contribution is -0.134. The van der Waals surface area contributed by atoms with E-state index in [1.165, 1.54) is 29.2 Å². The molecule has 3 aliphatic rings. The van der Waals surface area contributed by atoms with Crippen LogP contribution in [0, 0.1) is 11.7 Å². The number of rotatable bonds is 12. The number of hydrogen-bond acceptors (Lipinski definition) is 12. The monoisotopic (exact) mass is 879 g/mol.